The van der Waals surface area contributed by atoms with Gasteiger partial charge in [0.1, 0.15) is 11.6 Å². The van der Waals surface area contributed by atoms with Gasteiger partial charge in [-0.25, -0.2) is 9.37 Å². The number of amides is 1. The summed E-state index contributed by atoms with van der Waals surface area (Å²) in [6.07, 6.45) is 6.53. The number of hydrogen-bond donors (Lipinski definition) is 2. The van der Waals surface area contributed by atoms with Crippen molar-refractivity contribution < 1.29 is 9.18 Å². The number of rotatable bonds is 4. The molecule has 0 unspecified atom stereocenters. The maximum absolute atomic E-state index is 12.9. The lowest BCUT2D eigenvalue weighted by Crippen LogP contribution is -2.12. The zero-order valence-electron chi connectivity index (χ0n) is 12.9. The second-order valence-corrected chi connectivity index (χ2v) is 6.47. The van der Waals surface area contributed by atoms with Crippen molar-refractivity contribution in [1.29, 1.82) is 0 Å². The van der Waals surface area contributed by atoms with Gasteiger partial charge in [0.05, 0.1) is 11.8 Å². The van der Waals surface area contributed by atoms with Crippen molar-refractivity contribution in [2.75, 3.05) is 5.32 Å². The van der Waals surface area contributed by atoms with E-state index < -0.39 is 5.82 Å². The summed E-state index contributed by atoms with van der Waals surface area (Å²) in [6, 6.07) is 12.5. The van der Waals surface area contributed by atoms with Gasteiger partial charge in [0.15, 0.2) is 0 Å². The van der Waals surface area contributed by atoms with Gasteiger partial charge in [-0.3, -0.25) is 8.77 Å². The maximum Gasteiger partial charge on any atom is 0.258 e. The molecule has 0 aliphatic rings. The zero-order chi connectivity index (χ0) is 17.2. The van der Waals surface area contributed by atoms with E-state index in [9.17, 15) is 9.18 Å². The molecule has 0 fully saturated rings. The number of H-pyrrole nitrogens is 1. The molecule has 3 heterocycles. The molecule has 4 rings (SSSR count). The van der Waals surface area contributed by atoms with E-state index in [-0.39, 0.29) is 5.91 Å². The van der Waals surface area contributed by atoms with Crippen molar-refractivity contribution in [1.82, 2.24) is 13.9 Å². The molecule has 0 aliphatic heterocycles. The third kappa shape index (κ3) is 3.41. The summed E-state index contributed by atoms with van der Waals surface area (Å²) >= 11 is 1.51. The van der Waals surface area contributed by atoms with Crippen LogP contribution in [0.5, 0.6) is 0 Å². The Morgan fingerprint density at radius 3 is 2.96 bits per heavy atom. The van der Waals surface area contributed by atoms with Gasteiger partial charge >= 0.3 is 0 Å². The van der Waals surface area contributed by atoms with E-state index in [1.807, 2.05) is 34.6 Å². The minimum Gasteiger partial charge on any atom is -0.361 e. The van der Waals surface area contributed by atoms with E-state index in [0.29, 0.717) is 11.4 Å². The summed E-state index contributed by atoms with van der Waals surface area (Å²) in [5, 5.41) is 3.78. The van der Waals surface area contributed by atoms with Crippen LogP contribution in [0.3, 0.4) is 0 Å². The third-order valence-corrected chi connectivity index (χ3v) is 4.54. The molecule has 3 aromatic heterocycles. The van der Waals surface area contributed by atoms with Crippen molar-refractivity contribution in [2.24, 2.45) is 0 Å². The number of aromatic amines is 1. The average Bonchev–Trinajstić information content (AvgIpc) is 3.26. The first kappa shape index (κ1) is 15.5. The Bertz CT molecular complexity index is 1040. The number of fused-ring (bicyclic) bond motifs is 1. The number of halogens is 1. The number of benzene rings is 1. The van der Waals surface area contributed by atoms with Crippen molar-refractivity contribution in [3.05, 3.63) is 78.6 Å². The van der Waals surface area contributed by atoms with Gasteiger partial charge in [0, 0.05) is 34.4 Å². The van der Waals surface area contributed by atoms with E-state index in [1.165, 1.54) is 24.1 Å². The van der Waals surface area contributed by atoms with E-state index >= 15 is 0 Å². The standard InChI is InChI=1S/C18H13FN4OS/c19-14-1-4-17(21-10-14)22-18(24)13-6-8-23(11-13)25-15-2-3-16-12(9-15)5-7-20-16/h1-11,20H,(H,21,22,24). The molecule has 0 aliphatic carbocycles. The first-order valence-corrected chi connectivity index (χ1v) is 8.31. The highest BCUT2D eigenvalue weighted by Gasteiger charge is 2.09. The van der Waals surface area contributed by atoms with Crippen LogP contribution >= 0.6 is 11.9 Å². The fourth-order valence-corrected chi connectivity index (χ4v) is 3.26. The number of nitrogens with one attached hydrogen (secondary N) is 2. The number of hydrogen-bond acceptors (Lipinski definition) is 3. The average molecular weight is 352 g/mol. The molecule has 25 heavy (non-hydrogen) atoms. The van der Waals surface area contributed by atoms with Gasteiger partial charge in [-0.1, -0.05) is 0 Å². The molecule has 0 radical (unpaired) electrons. The zero-order valence-corrected chi connectivity index (χ0v) is 13.8. The van der Waals surface area contributed by atoms with Crippen LogP contribution in [-0.2, 0) is 0 Å². The first-order valence-electron chi connectivity index (χ1n) is 7.54. The molecule has 5 nitrogen and oxygen atoms in total. The van der Waals surface area contributed by atoms with Crippen molar-refractivity contribution >= 4 is 34.6 Å². The normalized spacial score (nSPS) is 10.9. The summed E-state index contributed by atoms with van der Waals surface area (Å²) in [5.74, 6) is -0.427. The maximum atomic E-state index is 12.9. The fraction of sp³-hybridized carbons (Fsp3) is 0. The molecule has 0 saturated heterocycles. The topological polar surface area (TPSA) is 62.7 Å². The summed E-state index contributed by atoms with van der Waals surface area (Å²) in [4.78, 5) is 20.3. The second-order valence-electron chi connectivity index (χ2n) is 5.39. The lowest BCUT2D eigenvalue weighted by Gasteiger charge is -2.03. The van der Waals surface area contributed by atoms with Crippen LogP contribution in [0.1, 0.15) is 10.4 Å². The van der Waals surface area contributed by atoms with Crippen LogP contribution in [0, 0.1) is 5.82 Å². The summed E-state index contributed by atoms with van der Waals surface area (Å²) in [6.45, 7) is 0. The van der Waals surface area contributed by atoms with Gasteiger partial charge < -0.3 is 10.3 Å². The summed E-state index contributed by atoms with van der Waals surface area (Å²) in [7, 11) is 0. The first-order chi connectivity index (χ1) is 12.2. The Balaban J connectivity index is 1.47. The number of pyridine rings is 1. The molecule has 0 spiro atoms. The minimum atomic E-state index is -0.444. The Labute approximate surface area is 147 Å². The van der Waals surface area contributed by atoms with E-state index in [1.54, 1.807) is 12.3 Å². The molecule has 0 atom stereocenters. The van der Waals surface area contributed by atoms with Crippen LogP contribution < -0.4 is 5.32 Å². The SMILES string of the molecule is O=C(Nc1ccc(F)cn1)c1ccn(Sc2ccc3[nH]ccc3c2)c1. The summed E-state index contributed by atoms with van der Waals surface area (Å²) in [5.41, 5.74) is 1.59. The predicted molar refractivity (Wildman–Crippen MR) is 96.1 cm³/mol. The lowest BCUT2D eigenvalue weighted by molar-refractivity contribution is 0.102. The second kappa shape index (κ2) is 6.45. The van der Waals surface area contributed by atoms with Crippen molar-refractivity contribution in [2.45, 2.75) is 4.90 Å². The lowest BCUT2D eigenvalue weighted by atomic mass is 10.2. The number of anilines is 1. The van der Waals surface area contributed by atoms with Crippen LogP contribution in [0.25, 0.3) is 10.9 Å². The van der Waals surface area contributed by atoms with Gasteiger partial charge in [-0.2, -0.15) is 0 Å². The van der Waals surface area contributed by atoms with Gasteiger partial charge in [0.25, 0.3) is 5.91 Å². The smallest absolute Gasteiger partial charge is 0.258 e. The van der Waals surface area contributed by atoms with Gasteiger partial charge in [0.2, 0.25) is 0 Å². The van der Waals surface area contributed by atoms with Gasteiger partial charge in [-0.05, 0) is 54.4 Å². The summed E-state index contributed by atoms with van der Waals surface area (Å²) < 4.78 is 14.7. The molecule has 1 aromatic carbocycles. The molecular weight excluding hydrogens is 339 g/mol. The molecule has 7 heteroatoms. The molecule has 2 N–H and O–H groups in total. The number of aromatic nitrogens is 3. The van der Waals surface area contributed by atoms with Crippen molar-refractivity contribution in [3.8, 4) is 0 Å². The molecule has 4 aromatic rings. The van der Waals surface area contributed by atoms with Crippen LogP contribution in [0.4, 0.5) is 10.2 Å². The Morgan fingerprint density at radius 2 is 2.12 bits per heavy atom. The molecule has 0 bridgehead atoms. The molecular formula is C18H13FN4OS. The van der Waals surface area contributed by atoms with Gasteiger partial charge in [-0.15, -0.1) is 0 Å². The quantitative estimate of drug-likeness (QED) is 0.575. The van der Waals surface area contributed by atoms with Crippen LogP contribution in [0.15, 0.2) is 72.1 Å². The highest BCUT2D eigenvalue weighted by atomic mass is 32.2. The third-order valence-electron chi connectivity index (χ3n) is 3.63. The highest BCUT2D eigenvalue weighted by Crippen LogP contribution is 2.25. The van der Waals surface area contributed by atoms with E-state index in [4.69, 9.17) is 0 Å². The Hall–Kier alpha value is -3.06. The molecule has 1 amide bonds. The van der Waals surface area contributed by atoms with E-state index in [2.05, 4.69) is 21.4 Å². The molecule has 0 saturated carbocycles. The number of carbonyl (C=O) groups excluding carboxylic acids is 1. The predicted octanol–water partition coefficient (Wildman–Crippen LogP) is 4.31. The Morgan fingerprint density at radius 1 is 1.20 bits per heavy atom. The number of nitrogens with zero attached hydrogens (tertiary/aromatic N) is 2. The monoisotopic (exact) mass is 352 g/mol. The molecule has 124 valence electrons. The highest BCUT2D eigenvalue weighted by molar-refractivity contribution is 7.97. The minimum absolute atomic E-state index is 0.292. The number of carbonyl (C=O) groups is 1. The van der Waals surface area contributed by atoms with Crippen LogP contribution in [0.2, 0.25) is 0 Å². The Kier molecular flexibility index (Phi) is 3.99. The fourth-order valence-electron chi connectivity index (χ4n) is 2.42. The van der Waals surface area contributed by atoms with E-state index in [0.717, 1.165) is 22.0 Å². The van der Waals surface area contributed by atoms with Crippen LogP contribution in [-0.4, -0.2) is 19.8 Å². The van der Waals surface area contributed by atoms with Crippen molar-refractivity contribution in [3.63, 3.8) is 0 Å². The largest absolute Gasteiger partial charge is 0.361 e.